The highest BCUT2D eigenvalue weighted by molar-refractivity contribution is 8.04. The fourth-order valence-electron chi connectivity index (χ4n) is 3.68. The Bertz CT molecular complexity index is 1380. The normalized spacial score (nSPS) is 14.6. The Morgan fingerprint density at radius 1 is 1.06 bits per heavy atom. The molecule has 1 aliphatic heterocycles. The summed E-state index contributed by atoms with van der Waals surface area (Å²) in [6, 6.07) is 15.9. The summed E-state index contributed by atoms with van der Waals surface area (Å²) in [5, 5.41) is 2.82. The van der Waals surface area contributed by atoms with Crippen LogP contribution in [0.15, 0.2) is 69.3 Å². The van der Waals surface area contributed by atoms with Gasteiger partial charge in [-0.05, 0) is 72.5 Å². The number of rotatable bonds is 5. The second-order valence-electron chi connectivity index (χ2n) is 7.85. The van der Waals surface area contributed by atoms with Crippen LogP contribution in [0.3, 0.4) is 0 Å². The lowest BCUT2D eigenvalue weighted by Crippen LogP contribution is -2.18. The molecular weight excluding hydrogens is 456 g/mol. The van der Waals surface area contributed by atoms with E-state index in [-0.39, 0.29) is 16.6 Å². The third kappa shape index (κ3) is 4.77. The van der Waals surface area contributed by atoms with Gasteiger partial charge < -0.3 is 15.8 Å². The van der Waals surface area contributed by atoms with Crippen LogP contribution in [0.5, 0.6) is 5.75 Å². The molecule has 3 N–H and O–H groups in total. The van der Waals surface area contributed by atoms with E-state index >= 15 is 0 Å². The predicted octanol–water partition coefficient (Wildman–Crippen LogP) is 4.95. The second-order valence-corrected chi connectivity index (χ2v) is 10.9. The van der Waals surface area contributed by atoms with Gasteiger partial charge in [0.2, 0.25) is 0 Å². The van der Waals surface area contributed by atoms with E-state index in [0.29, 0.717) is 22.0 Å². The molecule has 3 aromatic rings. The summed E-state index contributed by atoms with van der Waals surface area (Å²) in [6.45, 7) is 3.82. The number of nitrogens with two attached hydrogens (primary N) is 1. The summed E-state index contributed by atoms with van der Waals surface area (Å²) in [6.07, 6.45) is 1.74. The molecule has 0 fully saturated rings. The number of fused-ring (bicyclic) bond motifs is 1. The van der Waals surface area contributed by atoms with Crippen molar-refractivity contribution in [3.63, 3.8) is 0 Å². The van der Waals surface area contributed by atoms with E-state index in [2.05, 4.69) is 5.32 Å². The molecule has 0 aliphatic carbocycles. The predicted molar refractivity (Wildman–Crippen MR) is 133 cm³/mol. The van der Waals surface area contributed by atoms with Crippen LogP contribution in [-0.2, 0) is 20.4 Å². The number of amides is 1. The second kappa shape index (κ2) is 8.96. The van der Waals surface area contributed by atoms with Gasteiger partial charge in [-0.1, -0.05) is 36.0 Å². The zero-order valence-corrected chi connectivity index (χ0v) is 20.1. The van der Waals surface area contributed by atoms with E-state index in [0.717, 1.165) is 27.1 Å². The first-order valence-electron chi connectivity index (χ1n) is 10.2. The van der Waals surface area contributed by atoms with Gasteiger partial charge in [0.05, 0.1) is 34.0 Å². The van der Waals surface area contributed by atoms with Gasteiger partial charge in [0.25, 0.3) is 5.91 Å². The molecule has 170 valence electrons. The Morgan fingerprint density at radius 3 is 2.45 bits per heavy atom. The average Bonchev–Trinajstić information content (AvgIpc) is 2.77. The maximum absolute atomic E-state index is 13.1. The number of sulfone groups is 1. The molecule has 1 amide bonds. The van der Waals surface area contributed by atoms with Gasteiger partial charge in [0, 0.05) is 4.90 Å². The summed E-state index contributed by atoms with van der Waals surface area (Å²) in [4.78, 5) is 14.1. The molecule has 0 radical (unpaired) electrons. The van der Waals surface area contributed by atoms with Crippen molar-refractivity contribution in [2.45, 2.75) is 29.4 Å². The molecule has 0 spiro atoms. The van der Waals surface area contributed by atoms with Crippen LogP contribution in [0.1, 0.15) is 22.3 Å². The van der Waals surface area contributed by atoms with Gasteiger partial charge >= 0.3 is 0 Å². The van der Waals surface area contributed by atoms with E-state index in [9.17, 15) is 13.2 Å². The molecule has 6 nitrogen and oxygen atoms in total. The minimum atomic E-state index is -3.58. The molecule has 1 aliphatic rings. The molecular formula is C25H24N2O4S2. The van der Waals surface area contributed by atoms with Crippen molar-refractivity contribution in [1.82, 2.24) is 0 Å². The zero-order valence-electron chi connectivity index (χ0n) is 18.5. The van der Waals surface area contributed by atoms with Crippen molar-refractivity contribution >= 4 is 45.0 Å². The molecule has 0 saturated heterocycles. The molecule has 0 bridgehead atoms. The number of carbonyl (C=O) groups is 1. The fraction of sp³-hybridized carbons (Fsp3) is 0.160. The lowest BCUT2D eigenvalue weighted by molar-refractivity contribution is -0.112. The average molecular weight is 481 g/mol. The standard InChI is InChI=1S/C25H24N2O4S2/c1-15-5-4-6-16(2)19(15)14-33(29,30)18-8-10-23-21(13-18)27-25(28)24(32-23)12-17-7-9-22(31-3)20(26)11-17/h4-13H,14,26H2,1-3H3,(H,27,28). The lowest BCUT2D eigenvalue weighted by atomic mass is 10.1. The largest absolute Gasteiger partial charge is 0.495 e. The van der Waals surface area contributed by atoms with Crippen LogP contribution in [0.2, 0.25) is 0 Å². The fourth-order valence-corrected chi connectivity index (χ4v) is 6.18. The highest BCUT2D eigenvalue weighted by atomic mass is 32.2. The number of hydrogen-bond acceptors (Lipinski definition) is 6. The first kappa shape index (κ1) is 22.9. The SMILES string of the molecule is COc1ccc(C=C2Sc3ccc(S(=O)(=O)Cc4c(C)cccc4C)cc3NC2=O)cc1N. The number of thioether (sulfide) groups is 1. The number of methoxy groups -OCH3 is 1. The molecule has 3 aromatic carbocycles. The minimum Gasteiger partial charge on any atom is -0.495 e. The van der Waals surface area contributed by atoms with Crippen LogP contribution in [0.25, 0.3) is 6.08 Å². The highest BCUT2D eigenvalue weighted by Crippen LogP contribution is 2.40. The third-order valence-corrected chi connectivity index (χ3v) is 8.27. The van der Waals surface area contributed by atoms with Crippen molar-refractivity contribution in [3.05, 3.63) is 81.8 Å². The smallest absolute Gasteiger partial charge is 0.262 e. The van der Waals surface area contributed by atoms with Crippen molar-refractivity contribution in [2.24, 2.45) is 0 Å². The van der Waals surface area contributed by atoms with Crippen molar-refractivity contribution < 1.29 is 17.9 Å². The molecule has 0 atom stereocenters. The quantitative estimate of drug-likeness (QED) is 0.396. The third-order valence-electron chi connectivity index (χ3n) is 5.53. The van der Waals surface area contributed by atoms with E-state index < -0.39 is 9.84 Å². The van der Waals surface area contributed by atoms with Crippen LogP contribution < -0.4 is 15.8 Å². The number of nitrogen functional groups attached to an aromatic ring is 1. The molecule has 8 heteroatoms. The number of hydrogen-bond donors (Lipinski definition) is 2. The van der Waals surface area contributed by atoms with Gasteiger partial charge in [-0.25, -0.2) is 8.42 Å². The summed E-state index contributed by atoms with van der Waals surface area (Å²) < 4.78 is 31.4. The zero-order chi connectivity index (χ0) is 23.8. The van der Waals surface area contributed by atoms with Crippen LogP contribution in [0, 0.1) is 13.8 Å². The van der Waals surface area contributed by atoms with Gasteiger partial charge in [-0.2, -0.15) is 0 Å². The molecule has 33 heavy (non-hydrogen) atoms. The first-order chi connectivity index (χ1) is 15.7. The number of nitrogens with one attached hydrogen (secondary N) is 1. The first-order valence-corrected chi connectivity index (χ1v) is 12.7. The van der Waals surface area contributed by atoms with Crippen molar-refractivity contribution in [3.8, 4) is 5.75 Å². The highest BCUT2D eigenvalue weighted by Gasteiger charge is 2.25. The number of benzene rings is 3. The molecule has 4 rings (SSSR count). The Labute approximate surface area is 197 Å². The van der Waals surface area contributed by atoms with Gasteiger partial charge in [0.1, 0.15) is 5.75 Å². The molecule has 1 heterocycles. The number of aryl methyl sites for hydroxylation is 2. The van der Waals surface area contributed by atoms with Crippen LogP contribution >= 0.6 is 11.8 Å². The Hall–Kier alpha value is -3.23. The molecule has 0 aromatic heterocycles. The maximum Gasteiger partial charge on any atom is 0.262 e. The molecule has 0 saturated carbocycles. The number of anilines is 2. The van der Waals surface area contributed by atoms with E-state index in [4.69, 9.17) is 10.5 Å². The van der Waals surface area contributed by atoms with Crippen LogP contribution in [-0.4, -0.2) is 21.4 Å². The number of carbonyl (C=O) groups excluding carboxylic acids is 1. The van der Waals surface area contributed by atoms with Crippen LogP contribution in [0.4, 0.5) is 11.4 Å². The Kier molecular flexibility index (Phi) is 6.23. The lowest BCUT2D eigenvalue weighted by Gasteiger charge is -2.20. The van der Waals surface area contributed by atoms with Crippen molar-refractivity contribution in [1.29, 1.82) is 0 Å². The van der Waals surface area contributed by atoms with Crippen molar-refractivity contribution in [2.75, 3.05) is 18.2 Å². The van der Waals surface area contributed by atoms with E-state index in [1.165, 1.54) is 17.8 Å². The van der Waals surface area contributed by atoms with Gasteiger partial charge in [-0.15, -0.1) is 0 Å². The Balaban J connectivity index is 1.61. The maximum atomic E-state index is 13.1. The minimum absolute atomic E-state index is 0.0879. The monoisotopic (exact) mass is 480 g/mol. The summed E-state index contributed by atoms with van der Waals surface area (Å²) in [5.74, 6) is 0.180. The van der Waals surface area contributed by atoms with Gasteiger partial charge in [-0.3, -0.25) is 4.79 Å². The molecule has 0 unspecified atom stereocenters. The summed E-state index contributed by atoms with van der Waals surface area (Å²) in [7, 11) is -2.04. The van der Waals surface area contributed by atoms with Gasteiger partial charge in [0.15, 0.2) is 9.84 Å². The number of ether oxygens (including phenoxy) is 1. The summed E-state index contributed by atoms with van der Waals surface area (Å²) in [5.41, 5.74) is 10.4. The topological polar surface area (TPSA) is 98.5 Å². The van der Waals surface area contributed by atoms with E-state index in [1.54, 1.807) is 37.5 Å². The summed E-state index contributed by atoms with van der Waals surface area (Å²) >= 11 is 1.29. The van der Waals surface area contributed by atoms with E-state index in [1.807, 2.05) is 38.1 Å². The Morgan fingerprint density at radius 2 is 1.79 bits per heavy atom.